The van der Waals surface area contributed by atoms with Crippen molar-refractivity contribution in [3.8, 4) is 0 Å². The normalized spacial score (nSPS) is 14.7. The summed E-state index contributed by atoms with van der Waals surface area (Å²) in [6, 6.07) is 2.10. The Balaban J connectivity index is 2.35. The van der Waals surface area contributed by atoms with E-state index in [1.54, 1.807) is 6.08 Å². The number of nitrogens with one attached hydrogen (secondary N) is 1. The van der Waals surface area contributed by atoms with Gasteiger partial charge >= 0.3 is 0 Å². The molecule has 0 amide bonds. The van der Waals surface area contributed by atoms with Crippen LogP contribution in [0, 0.1) is 13.8 Å². The number of pyridine rings is 1. The minimum absolute atomic E-state index is 0.642. The third-order valence-corrected chi connectivity index (χ3v) is 3.09. The second kappa shape index (κ2) is 3.94. The van der Waals surface area contributed by atoms with Gasteiger partial charge in [-0.25, -0.2) is 9.50 Å². The van der Waals surface area contributed by atoms with Gasteiger partial charge < -0.3 is 5.32 Å². The summed E-state index contributed by atoms with van der Waals surface area (Å²) in [6.45, 7) is 9.52. The maximum absolute atomic E-state index is 4.51. The van der Waals surface area contributed by atoms with Crippen LogP contribution >= 0.6 is 0 Å². The third-order valence-electron chi connectivity index (χ3n) is 3.09. The highest BCUT2D eigenvalue weighted by Gasteiger charge is 2.18. The highest BCUT2D eigenvalue weighted by atomic mass is 15.3. The Hall–Kier alpha value is -2.17. The number of amidine groups is 1. The molecule has 0 aromatic carbocycles. The molecule has 0 bridgehead atoms. The average molecular weight is 241 g/mol. The van der Waals surface area contributed by atoms with Gasteiger partial charge in [0, 0.05) is 12.2 Å². The first-order chi connectivity index (χ1) is 8.70. The minimum Gasteiger partial charge on any atom is -0.368 e. The summed E-state index contributed by atoms with van der Waals surface area (Å²) in [5.41, 5.74) is 4.11. The van der Waals surface area contributed by atoms with Gasteiger partial charge in [-0.2, -0.15) is 0 Å². The molecule has 92 valence electrons. The summed E-state index contributed by atoms with van der Waals surface area (Å²) in [5.74, 6) is 1.56. The van der Waals surface area contributed by atoms with Crippen molar-refractivity contribution in [2.24, 2.45) is 4.99 Å². The molecule has 3 heterocycles. The SMILES string of the molecule is C=Cc1nc2c(C3=NCCN3)c(C)cc(C)n2n1. The van der Waals surface area contributed by atoms with Crippen LogP contribution in [0.5, 0.6) is 0 Å². The lowest BCUT2D eigenvalue weighted by molar-refractivity contribution is 0.902. The third kappa shape index (κ3) is 1.51. The Morgan fingerprint density at radius 3 is 2.94 bits per heavy atom. The van der Waals surface area contributed by atoms with Crippen LogP contribution in [0.15, 0.2) is 17.6 Å². The molecular formula is C13H15N5. The Kier molecular flexibility index (Phi) is 2.40. The van der Waals surface area contributed by atoms with Gasteiger partial charge in [-0.15, -0.1) is 5.10 Å². The molecule has 5 nitrogen and oxygen atoms in total. The summed E-state index contributed by atoms with van der Waals surface area (Å²) < 4.78 is 1.85. The monoisotopic (exact) mass is 241 g/mol. The molecular weight excluding hydrogens is 226 g/mol. The quantitative estimate of drug-likeness (QED) is 0.863. The van der Waals surface area contributed by atoms with Gasteiger partial charge in [0.1, 0.15) is 5.84 Å². The highest BCUT2D eigenvalue weighted by molar-refractivity contribution is 6.05. The van der Waals surface area contributed by atoms with E-state index in [1.165, 1.54) is 0 Å². The van der Waals surface area contributed by atoms with E-state index in [-0.39, 0.29) is 0 Å². The van der Waals surface area contributed by atoms with Crippen molar-refractivity contribution in [2.75, 3.05) is 13.1 Å². The molecule has 2 aromatic heterocycles. The molecule has 18 heavy (non-hydrogen) atoms. The zero-order valence-corrected chi connectivity index (χ0v) is 10.6. The number of fused-ring (bicyclic) bond motifs is 1. The number of rotatable bonds is 2. The standard InChI is InChI=1S/C13H15N5/c1-4-10-16-13-11(12-14-5-6-15-12)8(2)7-9(3)18(13)17-10/h4,7H,1,5-6H2,2-3H3,(H,14,15). The molecule has 1 N–H and O–H groups in total. The summed E-state index contributed by atoms with van der Waals surface area (Å²) in [4.78, 5) is 8.99. The van der Waals surface area contributed by atoms with Gasteiger partial charge in [-0.1, -0.05) is 6.58 Å². The summed E-state index contributed by atoms with van der Waals surface area (Å²) >= 11 is 0. The minimum atomic E-state index is 0.642. The molecule has 0 radical (unpaired) electrons. The fourth-order valence-electron chi connectivity index (χ4n) is 2.30. The van der Waals surface area contributed by atoms with Crippen LogP contribution in [0.25, 0.3) is 11.7 Å². The van der Waals surface area contributed by atoms with Gasteiger partial charge in [-0.3, -0.25) is 4.99 Å². The smallest absolute Gasteiger partial charge is 0.174 e. The molecule has 0 fully saturated rings. The second-order valence-electron chi connectivity index (χ2n) is 4.41. The van der Waals surface area contributed by atoms with Crippen LogP contribution in [0.4, 0.5) is 0 Å². The number of nitrogens with zero attached hydrogens (tertiary/aromatic N) is 4. The second-order valence-corrected chi connectivity index (χ2v) is 4.41. The predicted octanol–water partition coefficient (Wildman–Crippen LogP) is 1.34. The van der Waals surface area contributed by atoms with E-state index < -0.39 is 0 Å². The largest absolute Gasteiger partial charge is 0.368 e. The maximum Gasteiger partial charge on any atom is 0.174 e. The van der Waals surface area contributed by atoms with Crippen molar-refractivity contribution >= 4 is 17.6 Å². The lowest BCUT2D eigenvalue weighted by Gasteiger charge is -2.09. The van der Waals surface area contributed by atoms with Gasteiger partial charge in [0.25, 0.3) is 0 Å². The van der Waals surface area contributed by atoms with E-state index in [1.807, 2.05) is 11.4 Å². The summed E-state index contributed by atoms with van der Waals surface area (Å²) in [6.07, 6.45) is 1.66. The first-order valence-electron chi connectivity index (χ1n) is 5.99. The topological polar surface area (TPSA) is 54.6 Å². The lowest BCUT2D eigenvalue weighted by Crippen LogP contribution is -2.21. The molecule has 1 aliphatic rings. The molecule has 3 rings (SSSR count). The number of hydrogen-bond donors (Lipinski definition) is 1. The average Bonchev–Trinajstić information content (AvgIpc) is 2.97. The van der Waals surface area contributed by atoms with Crippen molar-refractivity contribution in [3.63, 3.8) is 0 Å². The number of aromatic nitrogens is 3. The lowest BCUT2D eigenvalue weighted by atomic mass is 10.1. The molecule has 0 spiro atoms. The van der Waals surface area contributed by atoms with Gasteiger partial charge in [0.2, 0.25) is 0 Å². The molecule has 0 atom stereocenters. The Morgan fingerprint density at radius 2 is 2.28 bits per heavy atom. The molecule has 2 aromatic rings. The van der Waals surface area contributed by atoms with Crippen LogP contribution in [0.3, 0.4) is 0 Å². The maximum atomic E-state index is 4.51. The van der Waals surface area contributed by atoms with E-state index in [9.17, 15) is 0 Å². The Morgan fingerprint density at radius 1 is 1.44 bits per heavy atom. The summed E-state index contributed by atoms with van der Waals surface area (Å²) in [5, 5.41) is 7.70. The zero-order chi connectivity index (χ0) is 12.7. The van der Waals surface area contributed by atoms with E-state index in [2.05, 4.69) is 40.0 Å². The molecule has 0 saturated heterocycles. The van der Waals surface area contributed by atoms with E-state index in [0.29, 0.717) is 5.82 Å². The van der Waals surface area contributed by atoms with Gasteiger partial charge in [0.15, 0.2) is 11.5 Å². The zero-order valence-electron chi connectivity index (χ0n) is 10.6. The number of hydrogen-bond acceptors (Lipinski definition) is 4. The van der Waals surface area contributed by atoms with Crippen molar-refractivity contribution in [1.82, 2.24) is 19.9 Å². The Bertz CT molecular complexity index is 666. The molecule has 1 aliphatic heterocycles. The predicted molar refractivity (Wildman–Crippen MR) is 72.0 cm³/mol. The van der Waals surface area contributed by atoms with Crippen molar-refractivity contribution < 1.29 is 0 Å². The summed E-state index contributed by atoms with van der Waals surface area (Å²) in [7, 11) is 0. The molecule has 0 saturated carbocycles. The van der Waals surface area contributed by atoms with Crippen LogP contribution in [0.2, 0.25) is 0 Å². The van der Waals surface area contributed by atoms with Crippen LogP contribution in [-0.2, 0) is 0 Å². The van der Waals surface area contributed by atoms with Crippen molar-refractivity contribution in [2.45, 2.75) is 13.8 Å². The fraction of sp³-hybridized carbons (Fsp3) is 0.308. The molecule has 0 aliphatic carbocycles. The Labute approximate surface area is 105 Å². The number of aliphatic imine (C=N–C) groups is 1. The number of aryl methyl sites for hydroxylation is 2. The van der Waals surface area contributed by atoms with Crippen LogP contribution < -0.4 is 5.32 Å². The first-order valence-corrected chi connectivity index (χ1v) is 5.99. The van der Waals surface area contributed by atoms with E-state index >= 15 is 0 Å². The molecule has 5 heteroatoms. The van der Waals surface area contributed by atoms with E-state index in [0.717, 1.165) is 41.4 Å². The van der Waals surface area contributed by atoms with E-state index in [4.69, 9.17) is 0 Å². The van der Waals surface area contributed by atoms with Gasteiger partial charge in [-0.05, 0) is 31.6 Å². The van der Waals surface area contributed by atoms with Crippen LogP contribution in [0.1, 0.15) is 22.6 Å². The van der Waals surface area contributed by atoms with Crippen molar-refractivity contribution in [3.05, 3.63) is 35.3 Å². The fourth-order valence-corrected chi connectivity index (χ4v) is 2.30. The molecule has 0 unspecified atom stereocenters. The highest BCUT2D eigenvalue weighted by Crippen LogP contribution is 2.18. The van der Waals surface area contributed by atoms with Crippen LogP contribution in [-0.4, -0.2) is 33.5 Å². The first kappa shape index (κ1) is 11.0. The van der Waals surface area contributed by atoms with Crippen molar-refractivity contribution in [1.29, 1.82) is 0 Å². The van der Waals surface area contributed by atoms with Gasteiger partial charge in [0.05, 0.1) is 12.1 Å².